The Balaban J connectivity index is 2.69. The molecule has 0 spiro atoms. The van der Waals surface area contributed by atoms with Crippen molar-refractivity contribution in [1.82, 2.24) is 5.32 Å². The van der Waals surface area contributed by atoms with Crippen molar-refractivity contribution in [1.29, 1.82) is 0 Å². The van der Waals surface area contributed by atoms with E-state index in [1.54, 1.807) is 6.92 Å². The van der Waals surface area contributed by atoms with Crippen molar-refractivity contribution in [3.05, 3.63) is 23.8 Å². The Morgan fingerprint density at radius 2 is 2.17 bits per heavy atom. The maximum atomic E-state index is 11.7. The fourth-order valence-electron chi connectivity index (χ4n) is 1.26. The Morgan fingerprint density at radius 1 is 1.50 bits per heavy atom. The number of carbonyl (C=O) groups excluding carboxylic acids is 1. The third-order valence-corrected chi connectivity index (χ3v) is 2.45. The SMILES string of the molecule is CC(CNC(=O)c1cccc(O)c1O)/C(N)=N/O. The Hall–Kier alpha value is -2.44. The van der Waals surface area contributed by atoms with Crippen LogP contribution in [0.1, 0.15) is 17.3 Å². The molecule has 7 nitrogen and oxygen atoms in total. The average Bonchev–Trinajstić information content (AvgIpc) is 2.37. The molecule has 6 N–H and O–H groups in total. The first-order valence-electron chi connectivity index (χ1n) is 5.24. The lowest BCUT2D eigenvalue weighted by atomic mass is 10.1. The number of amidine groups is 1. The van der Waals surface area contributed by atoms with Gasteiger partial charge >= 0.3 is 0 Å². The average molecular weight is 253 g/mol. The number of carbonyl (C=O) groups is 1. The van der Waals surface area contributed by atoms with E-state index < -0.39 is 11.7 Å². The number of benzene rings is 1. The molecule has 1 aromatic carbocycles. The summed E-state index contributed by atoms with van der Waals surface area (Å²) in [7, 11) is 0. The maximum Gasteiger partial charge on any atom is 0.255 e. The highest BCUT2D eigenvalue weighted by Crippen LogP contribution is 2.27. The summed E-state index contributed by atoms with van der Waals surface area (Å²) in [4.78, 5) is 11.7. The largest absolute Gasteiger partial charge is 0.504 e. The summed E-state index contributed by atoms with van der Waals surface area (Å²) >= 11 is 0. The van der Waals surface area contributed by atoms with Crippen LogP contribution in [0.2, 0.25) is 0 Å². The van der Waals surface area contributed by atoms with Crippen LogP contribution in [-0.4, -0.2) is 33.7 Å². The molecule has 0 radical (unpaired) electrons. The second-order valence-electron chi connectivity index (χ2n) is 3.81. The van der Waals surface area contributed by atoms with Crippen LogP contribution in [0.5, 0.6) is 11.5 Å². The number of rotatable bonds is 4. The number of nitrogens with zero attached hydrogens (tertiary/aromatic N) is 1. The first kappa shape index (κ1) is 13.6. The molecule has 0 aliphatic carbocycles. The fraction of sp³-hybridized carbons (Fsp3) is 0.273. The topological polar surface area (TPSA) is 128 Å². The van der Waals surface area contributed by atoms with Crippen LogP contribution in [0.3, 0.4) is 0 Å². The van der Waals surface area contributed by atoms with E-state index in [0.29, 0.717) is 0 Å². The van der Waals surface area contributed by atoms with Crippen LogP contribution in [0, 0.1) is 5.92 Å². The standard InChI is InChI=1S/C11H15N3O4/c1-6(10(12)14-18)5-13-11(17)7-3-2-4-8(15)9(7)16/h2-4,6,15-16,18H,5H2,1H3,(H2,12,14)(H,13,17). The van der Waals surface area contributed by atoms with Gasteiger partial charge in [-0.2, -0.15) is 0 Å². The van der Waals surface area contributed by atoms with Gasteiger partial charge in [-0.25, -0.2) is 0 Å². The van der Waals surface area contributed by atoms with Gasteiger partial charge in [0.15, 0.2) is 11.5 Å². The van der Waals surface area contributed by atoms with Crippen molar-refractivity contribution >= 4 is 11.7 Å². The molecule has 18 heavy (non-hydrogen) atoms. The summed E-state index contributed by atoms with van der Waals surface area (Å²) in [6.45, 7) is 1.81. The molecule has 0 saturated carbocycles. The normalized spacial score (nSPS) is 13.1. The molecule has 1 unspecified atom stereocenters. The number of hydrogen-bond donors (Lipinski definition) is 5. The molecule has 1 atom stereocenters. The van der Waals surface area contributed by atoms with Crippen LogP contribution in [0.25, 0.3) is 0 Å². The van der Waals surface area contributed by atoms with Gasteiger partial charge in [-0.3, -0.25) is 4.79 Å². The highest BCUT2D eigenvalue weighted by atomic mass is 16.4. The minimum atomic E-state index is -0.555. The predicted molar refractivity (Wildman–Crippen MR) is 64.7 cm³/mol. The number of para-hydroxylation sites is 1. The molecule has 0 bridgehead atoms. The van der Waals surface area contributed by atoms with Gasteiger partial charge in [-0.1, -0.05) is 18.1 Å². The molecule has 0 heterocycles. The second-order valence-corrected chi connectivity index (χ2v) is 3.81. The predicted octanol–water partition coefficient (Wildman–Crippen LogP) is 0.210. The number of nitrogens with one attached hydrogen (secondary N) is 1. The molecule has 0 aliphatic rings. The summed E-state index contributed by atoms with van der Waals surface area (Å²) in [5, 5.41) is 32.5. The van der Waals surface area contributed by atoms with E-state index >= 15 is 0 Å². The van der Waals surface area contributed by atoms with Gasteiger partial charge in [0.05, 0.1) is 5.56 Å². The van der Waals surface area contributed by atoms with Crippen molar-refractivity contribution in [3.8, 4) is 11.5 Å². The lowest BCUT2D eigenvalue weighted by molar-refractivity contribution is 0.0947. The molecule has 0 aliphatic heterocycles. The molecule has 1 rings (SSSR count). The zero-order chi connectivity index (χ0) is 13.7. The van der Waals surface area contributed by atoms with Gasteiger partial charge in [-0.05, 0) is 12.1 Å². The number of phenolic OH excluding ortho intramolecular Hbond substituents is 2. The Labute approximate surface area is 104 Å². The second kappa shape index (κ2) is 5.76. The van der Waals surface area contributed by atoms with Gasteiger partial charge in [0.1, 0.15) is 5.84 Å². The number of amides is 1. The van der Waals surface area contributed by atoms with Crippen LogP contribution in [-0.2, 0) is 0 Å². The van der Waals surface area contributed by atoms with Gasteiger partial charge in [0.2, 0.25) is 0 Å². The zero-order valence-electron chi connectivity index (χ0n) is 9.79. The lowest BCUT2D eigenvalue weighted by Crippen LogP contribution is -2.34. The minimum Gasteiger partial charge on any atom is -0.504 e. The van der Waals surface area contributed by atoms with Gasteiger partial charge in [0.25, 0.3) is 5.91 Å². The number of aromatic hydroxyl groups is 2. The maximum absolute atomic E-state index is 11.7. The van der Waals surface area contributed by atoms with Crippen LogP contribution in [0.15, 0.2) is 23.4 Å². The fourth-order valence-corrected chi connectivity index (χ4v) is 1.26. The number of nitrogens with two attached hydrogens (primary N) is 1. The van der Waals surface area contributed by atoms with E-state index in [1.165, 1.54) is 18.2 Å². The van der Waals surface area contributed by atoms with Crippen molar-refractivity contribution in [2.45, 2.75) is 6.92 Å². The van der Waals surface area contributed by atoms with Crippen LogP contribution >= 0.6 is 0 Å². The molecular formula is C11H15N3O4. The molecular weight excluding hydrogens is 238 g/mol. The van der Waals surface area contributed by atoms with E-state index in [1.807, 2.05) is 0 Å². The minimum absolute atomic E-state index is 0.00423. The van der Waals surface area contributed by atoms with E-state index in [9.17, 15) is 15.0 Å². The lowest BCUT2D eigenvalue weighted by Gasteiger charge is -2.11. The highest BCUT2D eigenvalue weighted by Gasteiger charge is 2.15. The van der Waals surface area contributed by atoms with E-state index in [4.69, 9.17) is 10.9 Å². The summed E-state index contributed by atoms with van der Waals surface area (Å²) in [6, 6.07) is 4.08. The number of oxime groups is 1. The Kier molecular flexibility index (Phi) is 4.36. The monoisotopic (exact) mass is 253 g/mol. The summed E-state index contributed by atoms with van der Waals surface area (Å²) in [6.07, 6.45) is 0. The van der Waals surface area contributed by atoms with E-state index in [2.05, 4.69) is 10.5 Å². The molecule has 0 aromatic heterocycles. The van der Waals surface area contributed by atoms with Crippen molar-refractivity contribution in [3.63, 3.8) is 0 Å². The van der Waals surface area contributed by atoms with Crippen molar-refractivity contribution in [2.24, 2.45) is 16.8 Å². The molecule has 0 saturated heterocycles. The van der Waals surface area contributed by atoms with E-state index in [-0.39, 0.29) is 29.6 Å². The van der Waals surface area contributed by atoms with Gasteiger partial charge in [0, 0.05) is 12.5 Å². The Bertz CT molecular complexity index is 473. The molecule has 1 aromatic rings. The smallest absolute Gasteiger partial charge is 0.255 e. The van der Waals surface area contributed by atoms with E-state index in [0.717, 1.165) is 0 Å². The summed E-state index contributed by atoms with van der Waals surface area (Å²) in [5.74, 6) is -1.76. The molecule has 7 heteroatoms. The quantitative estimate of drug-likeness (QED) is 0.172. The summed E-state index contributed by atoms with van der Waals surface area (Å²) < 4.78 is 0. The highest BCUT2D eigenvalue weighted by molar-refractivity contribution is 5.97. The molecule has 98 valence electrons. The molecule has 0 fully saturated rings. The first-order valence-corrected chi connectivity index (χ1v) is 5.24. The zero-order valence-corrected chi connectivity index (χ0v) is 9.79. The third-order valence-electron chi connectivity index (χ3n) is 2.45. The van der Waals surface area contributed by atoms with Crippen LogP contribution in [0.4, 0.5) is 0 Å². The van der Waals surface area contributed by atoms with Crippen molar-refractivity contribution in [2.75, 3.05) is 6.54 Å². The number of hydrogen-bond acceptors (Lipinski definition) is 5. The van der Waals surface area contributed by atoms with Crippen molar-refractivity contribution < 1.29 is 20.2 Å². The Morgan fingerprint density at radius 3 is 2.78 bits per heavy atom. The van der Waals surface area contributed by atoms with Gasteiger partial charge < -0.3 is 26.5 Å². The number of phenols is 2. The third kappa shape index (κ3) is 3.03. The van der Waals surface area contributed by atoms with Crippen LogP contribution < -0.4 is 11.1 Å². The van der Waals surface area contributed by atoms with Gasteiger partial charge in [-0.15, -0.1) is 0 Å². The summed E-state index contributed by atoms with van der Waals surface area (Å²) in [5.41, 5.74) is 5.31. The first-order chi connectivity index (χ1) is 8.47. The molecule has 1 amide bonds.